The molecule has 7 nitrogen and oxygen atoms in total. The molecule has 0 aromatic carbocycles. The number of urea groups is 1. The smallest absolute Gasteiger partial charge is 0.325 e. The van der Waals surface area contributed by atoms with E-state index in [-0.39, 0.29) is 11.9 Å². The molecule has 136 valence electrons. The minimum Gasteiger partial charge on any atom is -0.348 e. The molecule has 8 heteroatoms. The number of hydrogen-bond donors (Lipinski definition) is 1. The van der Waals surface area contributed by atoms with Crippen molar-refractivity contribution in [3.63, 3.8) is 0 Å². The lowest BCUT2D eigenvalue weighted by Gasteiger charge is -2.41. The van der Waals surface area contributed by atoms with Crippen LogP contribution >= 0.6 is 11.3 Å². The first-order valence-electron chi connectivity index (χ1n) is 9.17. The van der Waals surface area contributed by atoms with Crippen LogP contribution in [0.15, 0.2) is 6.20 Å². The summed E-state index contributed by atoms with van der Waals surface area (Å²) in [5.74, 6) is -0.117. The highest BCUT2D eigenvalue weighted by Crippen LogP contribution is 2.34. The summed E-state index contributed by atoms with van der Waals surface area (Å²) >= 11 is 1.78. The van der Waals surface area contributed by atoms with Crippen molar-refractivity contribution in [3.05, 3.63) is 11.1 Å². The van der Waals surface area contributed by atoms with Crippen LogP contribution in [-0.2, 0) is 11.3 Å². The molecule has 25 heavy (non-hydrogen) atoms. The van der Waals surface area contributed by atoms with Gasteiger partial charge in [0.1, 0.15) is 5.54 Å². The Morgan fingerprint density at radius 2 is 1.92 bits per heavy atom. The van der Waals surface area contributed by atoms with Crippen LogP contribution in [0.4, 0.5) is 9.93 Å². The van der Waals surface area contributed by atoms with E-state index >= 15 is 0 Å². The number of aromatic nitrogens is 1. The first-order valence-corrected chi connectivity index (χ1v) is 9.99. The highest BCUT2D eigenvalue weighted by atomic mass is 32.1. The predicted molar refractivity (Wildman–Crippen MR) is 96.7 cm³/mol. The summed E-state index contributed by atoms with van der Waals surface area (Å²) < 4.78 is 0. The molecule has 0 bridgehead atoms. The number of likely N-dealkylation sites (tertiary alicyclic amines) is 1. The standard InChI is InChI=1S/C17H25N5O2S/c1-2-22-15(24)19-14(23)17(22)5-9-20(10-6-17)12-13-11-18-16(25-13)21-7-3-4-8-21/h11H,2-10,12H2,1H3,(H,19,23,24). The van der Waals surface area contributed by atoms with Crippen LogP contribution in [-0.4, -0.2) is 65.0 Å². The van der Waals surface area contributed by atoms with Crippen LogP contribution in [0, 0.1) is 0 Å². The second kappa shape index (κ2) is 6.57. The number of rotatable bonds is 4. The van der Waals surface area contributed by atoms with Gasteiger partial charge in [0.2, 0.25) is 0 Å². The summed E-state index contributed by atoms with van der Waals surface area (Å²) in [6.07, 6.45) is 5.93. The fraction of sp³-hybridized carbons (Fsp3) is 0.706. The van der Waals surface area contributed by atoms with Crippen molar-refractivity contribution < 1.29 is 9.59 Å². The summed E-state index contributed by atoms with van der Waals surface area (Å²) in [6, 6.07) is -0.237. The van der Waals surface area contributed by atoms with Gasteiger partial charge in [-0.2, -0.15) is 0 Å². The van der Waals surface area contributed by atoms with Gasteiger partial charge in [0.25, 0.3) is 5.91 Å². The van der Waals surface area contributed by atoms with Gasteiger partial charge in [0, 0.05) is 50.3 Å². The molecule has 0 atom stereocenters. The van der Waals surface area contributed by atoms with Crippen molar-refractivity contribution in [1.29, 1.82) is 0 Å². The van der Waals surface area contributed by atoms with Crippen LogP contribution in [0.5, 0.6) is 0 Å². The molecular weight excluding hydrogens is 338 g/mol. The maximum Gasteiger partial charge on any atom is 0.325 e. The summed E-state index contributed by atoms with van der Waals surface area (Å²) in [4.78, 5) is 36.6. The molecule has 3 fully saturated rings. The number of imide groups is 1. The highest BCUT2D eigenvalue weighted by molar-refractivity contribution is 7.15. The van der Waals surface area contributed by atoms with Gasteiger partial charge in [-0.1, -0.05) is 0 Å². The Morgan fingerprint density at radius 3 is 2.60 bits per heavy atom. The summed E-state index contributed by atoms with van der Waals surface area (Å²) in [5.41, 5.74) is -0.628. The zero-order chi connectivity index (χ0) is 17.4. The van der Waals surface area contributed by atoms with E-state index in [1.807, 2.05) is 13.1 Å². The number of thiazole rings is 1. The average Bonchev–Trinajstić information content (AvgIpc) is 3.31. The van der Waals surface area contributed by atoms with Gasteiger partial charge in [0.15, 0.2) is 5.13 Å². The monoisotopic (exact) mass is 363 g/mol. The van der Waals surface area contributed by atoms with Crippen LogP contribution in [0.2, 0.25) is 0 Å². The molecule has 3 aliphatic heterocycles. The van der Waals surface area contributed by atoms with Gasteiger partial charge in [-0.15, -0.1) is 11.3 Å². The number of anilines is 1. The minimum absolute atomic E-state index is 0.117. The molecule has 4 heterocycles. The van der Waals surface area contributed by atoms with Gasteiger partial charge < -0.3 is 9.80 Å². The van der Waals surface area contributed by atoms with E-state index in [9.17, 15) is 9.59 Å². The van der Waals surface area contributed by atoms with Gasteiger partial charge in [-0.25, -0.2) is 9.78 Å². The maximum atomic E-state index is 12.3. The fourth-order valence-corrected chi connectivity index (χ4v) is 5.27. The first kappa shape index (κ1) is 16.8. The van der Waals surface area contributed by atoms with E-state index in [0.29, 0.717) is 19.4 Å². The number of likely N-dealkylation sites (N-methyl/N-ethyl adjacent to an activating group) is 1. The molecule has 0 radical (unpaired) electrons. The van der Waals surface area contributed by atoms with E-state index in [1.54, 1.807) is 16.2 Å². The van der Waals surface area contributed by atoms with Crippen molar-refractivity contribution in [2.45, 2.75) is 44.7 Å². The molecule has 1 aromatic heterocycles. The molecule has 3 amide bonds. The van der Waals surface area contributed by atoms with E-state index in [2.05, 4.69) is 20.1 Å². The topological polar surface area (TPSA) is 68.8 Å². The Balaban J connectivity index is 1.37. The van der Waals surface area contributed by atoms with Gasteiger partial charge in [-0.3, -0.25) is 15.0 Å². The Kier molecular flexibility index (Phi) is 4.41. The maximum absolute atomic E-state index is 12.3. The van der Waals surface area contributed by atoms with Crippen LogP contribution in [0.1, 0.15) is 37.5 Å². The van der Waals surface area contributed by atoms with Crippen molar-refractivity contribution in [3.8, 4) is 0 Å². The molecule has 1 aromatic rings. The molecule has 1 spiro atoms. The second-order valence-corrected chi connectivity index (χ2v) is 8.21. The van der Waals surface area contributed by atoms with E-state index in [0.717, 1.165) is 37.9 Å². The lowest BCUT2D eigenvalue weighted by atomic mass is 9.86. The van der Waals surface area contributed by atoms with Crippen molar-refractivity contribution >= 4 is 28.4 Å². The van der Waals surface area contributed by atoms with Crippen molar-refractivity contribution in [1.82, 2.24) is 20.1 Å². The van der Waals surface area contributed by atoms with Gasteiger partial charge in [-0.05, 0) is 32.6 Å². The average molecular weight is 363 g/mol. The number of hydrogen-bond acceptors (Lipinski definition) is 6. The number of nitrogens with zero attached hydrogens (tertiary/aromatic N) is 4. The first-order chi connectivity index (χ1) is 12.1. The summed E-state index contributed by atoms with van der Waals surface area (Å²) in [6.45, 7) is 7.28. The largest absolute Gasteiger partial charge is 0.348 e. The lowest BCUT2D eigenvalue weighted by Crippen LogP contribution is -2.56. The fourth-order valence-electron chi connectivity index (χ4n) is 4.27. The SMILES string of the molecule is CCN1C(=O)NC(=O)C12CCN(Cc1cnc(N3CCCC3)s1)CC2. The molecule has 0 saturated carbocycles. The second-order valence-electron chi connectivity index (χ2n) is 7.11. The highest BCUT2D eigenvalue weighted by Gasteiger charge is 2.53. The minimum atomic E-state index is -0.628. The van der Waals surface area contributed by atoms with E-state index in [4.69, 9.17) is 0 Å². The molecule has 3 aliphatic rings. The lowest BCUT2D eigenvalue weighted by molar-refractivity contribution is -0.129. The quantitative estimate of drug-likeness (QED) is 0.824. The van der Waals surface area contributed by atoms with E-state index in [1.165, 1.54) is 17.7 Å². The van der Waals surface area contributed by atoms with Crippen LogP contribution in [0.25, 0.3) is 0 Å². The predicted octanol–water partition coefficient (Wildman–Crippen LogP) is 1.65. The van der Waals surface area contributed by atoms with Crippen LogP contribution < -0.4 is 10.2 Å². The van der Waals surface area contributed by atoms with Gasteiger partial charge >= 0.3 is 6.03 Å². The zero-order valence-corrected chi connectivity index (χ0v) is 15.5. The van der Waals surface area contributed by atoms with E-state index < -0.39 is 5.54 Å². The molecule has 4 rings (SSSR count). The van der Waals surface area contributed by atoms with Crippen molar-refractivity contribution in [2.24, 2.45) is 0 Å². The molecular formula is C17H25N5O2S. The molecule has 0 aliphatic carbocycles. The molecule has 3 saturated heterocycles. The number of amides is 3. The molecule has 0 unspecified atom stereocenters. The Bertz CT molecular complexity index is 662. The van der Waals surface area contributed by atoms with Crippen molar-refractivity contribution in [2.75, 3.05) is 37.6 Å². The summed E-state index contributed by atoms with van der Waals surface area (Å²) in [7, 11) is 0. The Morgan fingerprint density at radius 1 is 1.20 bits per heavy atom. The number of piperidine rings is 1. The summed E-state index contributed by atoms with van der Waals surface area (Å²) in [5, 5.41) is 3.63. The third kappa shape index (κ3) is 2.91. The third-order valence-corrected chi connectivity index (χ3v) is 6.74. The Hall–Kier alpha value is -1.67. The third-order valence-electron chi connectivity index (χ3n) is 5.70. The number of carbonyl (C=O) groups excluding carboxylic acids is 2. The number of nitrogens with one attached hydrogen (secondary N) is 1. The van der Waals surface area contributed by atoms with Gasteiger partial charge in [0.05, 0.1) is 0 Å². The Labute approximate surface area is 152 Å². The molecule has 1 N–H and O–H groups in total. The zero-order valence-electron chi connectivity index (χ0n) is 14.7. The normalized spacial score (nSPS) is 23.7. The number of carbonyl (C=O) groups is 2. The van der Waals surface area contributed by atoms with Crippen LogP contribution in [0.3, 0.4) is 0 Å².